The monoisotopic (exact) mass is 429 g/mol. The standard InChI is InChI=1S/C24H48NO3P/c1-16(2)20-12-10-18(5)14-22(20)27-29(26,25-24(7,8)9)28-23-15-19(6)11-13-21(23)17(3)4/h16-23H,10-15H2,1-9H3,(H,25,26)/t18-,19-,20-,21-,22-,23-/m1/s1. The maximum Gasteiger partial charge on any atom is 0.406 e. The van der Waals surface area contributed by atoms with Crippen LogP contribution in [-0.2, 0) is 13.6 Å². The fourth-order valence-corrected chi connectivity index (χ4v) is 7.49. The van der Waals surface area contributed by atoms with Gasteiger partial charge >= 0.3 is 7.75 Å². The Morgan fingerprint density at radius 2 is 1.17 bits per heavy atom. The first-order chi connectivity index (χ1) is 13.3. The minimum atomic E-state index is -3.43. The molecule has 29 heavy (non-hydrogen) atoms. The summed E-state index contributed by atoms with van der Waals surface area (Å²) in [5, 5.41) is 3.29. The van der Waals surface area contributed by atoms with E-state index in [9.17, 15) is 4.57 Å². The third-order valence-corrected chi connectivity index (χ3v) is 8.98. The third-order valence-electron chi connectivity index (χ3n) is 6.94. The van der Waals surface area contributed by atoms with Crippen LogP contribution in [0.2, 0.25) is 0 Å². The van der Waals surface area contributed by atoms with E-state index in [0.717, 1.165) is 25.7 Å². The van der Waals surface area contributed by atoms with Crippen LogP contribution in [0.1, 0.15) is 101 Å². The van der Waals surface area contributed by atoms with Crippen LogP contribution in [0.15, 0.2) is 0 Å². The highest BCUT2D eigenvalue weighted by Gasteiger charge is 2.43. The molecule has 0 aliphatic heterocycles. The Morgan fingerprint density at radius 3 is 1.48 bits per heavy atom. The predicted molar refractivity (Wildman–Crippen MR) is 123 cm³/mol. The average Bonchev–Trinajstić information content (AvgIpc) is 2.51. The molecule has 172 valence electrons. The van der Waals surface area contributed by atoms with E-state index < -0.39 is 7.75 Å². The Hall–Kier alpha value is 0.110. The second-order valence-electron chi connectivity index (χ2n) is 11.8. The van der Waals surface area contributed by atoms with Crippen LogP contribution in [0, 0.1) is 35.5 Å². The molecule has 1 N–H and O–H groups in total. The van der Waals surface area contributed by atoms with E-state index in [1.54, 1.807) is 0 Å². The molecule has 2 fully saturated rings. The van der Waals surface area contributed by atoms with Crippen LogP contribution in [-0.4, -0.2) is 17.7 Å². The third kappa shape index (κ3) is 7.63. The van der Waals surface area contributed by atoms with E-state index in [0.29, 0.717) is 35.5 Å². The van der Waals surface area contributed by atoms with E-state index in [1.807, 2.05) is 20.8 Å². The van der Waals surface area contributed by atoms with Gasteiger partial charge in [-0.3, -0.25) is 9.05 Å². The van der Waals surface area contributed by atoms with Crippen molar-refractivity contribution in [2.24, 2.45) is 35.5 Å². The molecule has 2 rings (SSSR count). The summed E-state index contributed by atoms with van der Waals surface area (Å²) in [5.74, 6) is 3.14. The largest absolute Gasteiger partial charge is 0.406 e. The lowest BCUT2D eigenvalue weighted by Crippen LogP contribution is -2.42. The van der Waals surface area contributed by atoms with Gasteiger partial charge < -0.3 is 0 Å². The zero-order chi connectivity index (χ0) is 22.0. The summed E-state index contributed by atoms with van der Waals surface area (Å²) < 4.78 is 27.1. The smallest absolute Gasteiger partial charge is 0.293 e. The normalized spacial score (nSPS) is 34.7. The molecule has 0 bridgehead atoms. The average molecular weight is 430 g/mol. The van der Waals surface area contributed by atoms with Gasteiger partial charge in [0.2, 0.25) is 0 Å². The molecule has 0 heterocycles. The predicted octanol–water partition coefficient (Wildman–Crippen LogP) is 7.44. The van der Waals surface area contributed by atoms with Gasteiger partial charge in [-0.2, -0.15) is 0 Å². The van der Waals surface area contributed by atoms with Crippen LogP contribution >= 0.6 is 7.75 Å². The van der Waals surface area contributed by atoms with Crippen molar-refractivity contribution in [3.8, 4) is 0 Å². The van der Waals surface area contributed by atoms with Gasteiger partial charge in [-0.15, -0.1) is 0 Å². The van der Waals surface area contributed by atoms with Crippen LogP contribution in [0.4, 0.5) is 0 Å². The first kappa shape index (κ1) is 25.4. The second-order valence-corrected chi connectivity index (χ2v) is 13.4. The Balaban J connectivity index is 2.25. The van der Waals surface area contributed by atoms with E-state index in [4.69, 9.17) is 9.05 Å². The molecule has 2 aliphatic carbocycles. The van der Waals surface area contributed by atoms with Crippen molar-refractivity contribution in [3.05, 3.63) is 0 Å². The van der Waals surface area contributed by atoms with Gasteiger partial charge in [0.1, 0.15) is 0 Å². The summed E-state index contributed by atoms with van der Waals surface area (Å²) >= 11 is 0. The highest BCUT2D eigenvalue weighted by molar-refractivity contribution is 7.51. The zero-order valence-corrected chi connectivity index (χ0v) is 21.4. The fraction of sp³-hybridized carbons (Fsp3) is 1.00. The molecule has 0 unspecified atom stereocenters. The van der Waals surface area contributed by atoms with Gasteiger partial charge in [0, 0.05) is 5.54 Å². The van der Waals surface area contributed by atoms with Gasteiger partial charge in [0.05, 0.1) is 12.2 Å². The molecule has 0 spiro atoms. The molecular weight excluding hydrogens is 381 g/mol. The summed E-state index contributed by atoms with van der Waals surface area (Å²) in [5.41, 5.74) is -0.337. The Labute approximate surface area is 180 Å². The Morgan fingerprint density at radius 1 is 0.793 bits per heavy atom. The molecule has 2 aliphatic rings. The lowest BCUT2D eigenvalue weighted by atomic mass is 9.75. The number of hydrogen-bond acceptors (Lipinski definition) is 3. The minimum absolute atomic E-state index is 0.00190. The molecule has 4 nitrogen and oxygen atoms in total. The number of nitrogens with one attached hydrogen (secondary N) is 1. The molecular formula is C24H48NO3P. The number of rotatable bonds is 7. The lowest BCUT2D eigenvalue weighted by Gasteiger charge is -2.42. The second kappa shape index (κ2) is 10.2. The summed E-state index contributed by atoms with van der Waals surface area (Å²) in [6.07, 6.45) is 6.69. The molecule has 5 heteroatoms. The topological polar surface area (TPSA) is 47.6 Å². The van der Waals surface area contributed by atoms with Crippen LogP contribution in [0.5, 0.6) is 0 Å². The van der Waals surface area contributed by atoms with Crippen molar-refractivity contribution in [1.29, 1.82) is 0 Å². The highest BCUT2D eigenvalue weighted by Crippen LogP contribution is 2.54. The fourth-order valence-electron chi connectivity index (χ4n) is 5.32. The molecule has 2 saturated carbocycles. The first-order valence-corrected chi connectivity index (χ1v) is 13.6. The van der Waals surface area contributed by atoms with Crippen molar-refractivity contribution in [3.63, 3.8) is 0 Å². The molecule has 0 aromatic carbocycles. The van der Waals surface area contributed by atoms with Gasteiger partial charge in [0.15, 0.2) is 0 Å². The molecule has 0 aromatic rings. The van der Waals surface area contributed by atoms with Crippen molar-refractivity contribution in [2.45, 2.75) is 119 Å². The summed E-state index contributed by atoms with van der Waals surface area (Å²) in [6.45, 7) is 19.7. The van der Waals surface area contributed by atoms with Gasteiger partial charge in [-0.1, -0.05) is 54.4 Å². The highest BCUT2D eigenvalue weighted by atomic mass is 31.2. The quantitative estimate of drug-likeness (QED) is 0.427. The summed E-state index contributed by atoms with van der Waals surface area (Å²) in [6, 6.07) is 0. The van der Waals surface area contributed by atoms with Crippen molar-refractivity contribution < 1.29 is 13.6 Å². The van der Waals surface area contributed by atoms with Crippen LogP contribution in [0.25, 0.3) is 0 Å². The molecule has 6 atom stereocenters. The van der Waals surface area contributed by atoms with Crippen LogP contribution < -0.4 is 5.09 Å². The van der Waals surface area contributed by atoms with E-state index in [2.05, 4.69) is 46.6 Å². The van der Waals surface area contributed by atoms with Crippen molar-refractivity contribution in [1.82, 2.24) is 5.09 Å². The van der Waals surface area contributed by atoms with Gasteiger partial charge in [0.25, 0.3) is 0 Å². The van der Waals surface area contributed by atoms with Gasteiger partial charge in [-0.05, 0) is 82.0 Å². The summed E-state index contributed by atoms with van der Waals surface area (Å²) in [4.78, 5) is 0. The zero-order valence-electron chi connectivity index (χ0n) is 20.5. The maximum atomic E-state index is 14.2. The SMILES string of the molecule is CC(C)[C@H]1CC[C@@H](C)C[C@H]1OP(=O)(NC(C)(C)C)O[C@@H]1C[C@H](C)CC[C@@H]1C(C)C. The van der Waals surface area contributed by atoms with E-state index in [-0.39, 0.29) is 17.7 Å². The lowest BCUT2D eigenvalue weighted by molar-refractivity contribution is -0.00819. The molecule has 0 radical (unpaired) electrons. The first-order valence-electron chi connectivity index (χ1n) is 12.1. The van der Waals surface area contributed by atoms with Crippen molar-refractivity contribution >= 4 is 7.75 Å². The maximum absolute atomic E-state index is 14.2. The molecule has 0 amide bonds. The summed E-state index contributed by atoms with van der Waals surface area (Å²) in [7, 11) is -3.43. The van der Waals surface area contributed by atoms with E-state index in [1.165, 1.54) is 12.8 Å². The minimum Gasteiger partial charge on any atom is -0.293 e. The molecule has 0 aromatic heterocycles. The van der Waals surface area contributed by atoms with Crippen molar-refractivity contribution in [2.75, 3.05) is 0 Å². The Bertz CT molecular complexity index is 519. The Kier molecular flexibility index (Phi) is 8.88. The van der Waals surface area contributed by atoms with Gasteiger partial charge in [-0.25, -0.2) is 9.65 Å². The van der Waals surface area contributed by atoms with E-state index >= 15 is 0 Å². The van der Waals surface area contributed by atoms with Crippen LogP contribution in [0.3, 0.4) is 0 Å². The number of hydrogen-bond donors (Lipinski definition) is 1. The molecule has 0 saturated heterocycles.